The van der Waals surface area contributed by atoms with Crippen LogP contribution < -0.4 is 4.90 Å². The van der Waals surface area contributed by atoms with Crippen molar-refractivity contribution >= 4 is 21.9 Å². The van der Waals surface area contributed by atoms with Crippen LogP contribution in [0.5, 0.6) is 0 Å². The molecule has 132 valence electrons. The summed E-state index contributed by atoms with van der Waals surface area (Å²) in [6, 6.07) is 10.2. The summed E-state index contributed by atoms with van der Waals surface area (Å²) in [5.41, 5.74) is 1.48. The first kappa shape index (κ1) is 17.4. The maximum absolute atomic E-state index is 13.4. The van der Waals surface area contributed by atoms with Crippen LogP contribution in [0.25, 0.3) is 0 Å². The van der Waals surface area contributed by atoms with E-state index in [1.54, 1.807) is 25.1 Å². The predicted molar refractivity (Wildman–Crippen MR) is 88.3 cm³/mol. The van der Waals surface area contributed by atoms with Crippen LogP contribution in [0.1, 0.15) is 17.2 Å². The largest absolute Gasteiger partial charge is 0.439 e. The molecule has 2 aromatic rings. The Hall–Kier alpha value is -2.45. The molecular formula is C17H16FNO5S. The number of hydrogen-bond donors (Lipinski definition) is 0. The molecule has 0 saturated carbocycles. The van der Waals surface area contributed by atoms with Crippen LogP contribution in [-0.2, 0) is 19.0 Å². The lowest BCUT2D eigenvalue weighted by Gasteiger charge is -2.15. The minimum atomic E-state index is -3.96. The van der Waals surface area contributed by atoms with Crippen molar-refractivity contribution in [3.63, 3.8) is 0 Å². The molecule has 1 fully saturated rings. The summed E-state index contributed by atoms with van der Waals surface area (Å²) >= 11 is 0. The summed E-state index contributed by atoms with van der Waals surface area (Å²) in [6.45, 7) is 1.87. The van der Waals surface area contributed by atoms with Gasteiger partial charge in [-0.05, 0) is 31.2 Å². The third-order valence-electron chi connectivity index (χ3n) is 3.93. The average Bonchev–Trinajstić information content (AvgIpc) is 2.96. The molecule has 0 aromatic heterocycles. The minimum Gasteiger partial charge on any atom is -0.439 e. The molecule has 2 aromatic carbocycles. The van der Waals surface area contributed by atoms with Crippen LogP contribution >= 0.6 is 0 Å². The van der Waals surface area contributed by atoms with Gasteiger partial charge in [0.25, 0.3) is 10.1 Å². The molecule has 0 radical (unpaired) electrons. The van der Waals surface area contributed by atoms with Crippen LogP contribution in [0.2, 0.25) is 0 Å². The Labute approximate surface area is 144 Å². The molecule has 0 aliphatic carbocycles. The molecule has 1 amide bonds. The minimum absolute atomic E-state index is 0.0560. The number of aryl methyl sites for hydroxylation is 1. The highest BCUT2D eigenvalue weighted by Gasteiger charge is 2.36. The lowest BCUT2D eigenvalue weighted by molar-refractivity contribution is 0.140. The van der Waals surface area contributed by atoms with E-state index in [-0.39, 0.29) is 11.4 Å². The van der Waals surface area contributed by atoms with Gasteiger partial charge in [0.15, 0.2) is 0 Å². The normalized spacial score (nSPS) is 17.6. The molecule has 1 aliphatic heterocycles. The standard InChI is InChI=1S/C17H16FNO5S/c1-11-6-7-16(25(21,22)23-2)14(8-11)15-10-19(17(20)24-15)13-5-3-4-12(18)9-13/h3-9,15H,10H2,1-2H3. The molecule has 1 atom stereocenters. The zero-order valence-electron chi connectivity index (χ0n) is 13.6. The molecule has 25 heavy (non-hydrogen) atoms. The maximum Gasteiger partial charge on any atom is 0.415 e. The molecule has 3 rings (SSSR count). The Morgan fingerprint density at radius 2 is 2.00 bits per heavy atom. The van der Waals surface area contributed by atoms with Gasteiger partial charge >= 0.3 is 6.09 Å². The number of cyclic esters (lactones) is 1. The molecule has 1 unspecified atom stereocenters. The Bertz CT molecular complexity index is 928. The van der Waals surface area contributed by atoms with Gasteiger partial charge in [-0.2, -0.15) is 8.42 Å². The quantitative estimate of drug-likeness (QED) is 0.778. The van der Waals surface area contributed by atoms with Crippen LogP contribution in [0.3, 0.4) is 0 Å². The first-order valence-corrected chi connectivity index (χ1v) is 8.87. The Balaban J connectivity index is 1.99. The summed E-state index contributed by atoms with van der Waals surface area (Å²) in [4.78, 5) is 13.4. The van der Waals surface area contributed by atoms with Gasteiger partial charge < -0.3 is 4.74 Å². The van der Waals surface area contributed by atoms with Crippen LogP contribution in [0, 0.1) is 12.7 Å². The molecule has 1 heterocycles. The van der Waals surface area contributed by atoms with Crippen molar-refractivity contribution in [3.05, 3.63) is 59.4 Å². The number of ether oxygens (including phenoxy) is 1. The van der Waals surface area contributed by atoms with E-state index in [1.807, 2.05) is 0 Å². The number of carbonyl (C=O) groups is 1. The van der Waals surface area contributed by atoms with Crippen molar-refractivity contribution in [1.29, 1.82) is 0 Å². The van der Waals surface area contributed by atoms with E-state index in [0.717, 1.165) is 12.7 Å². The van der Waals surface area contributed by atoms with Crippen molar-refractivity contribution in [2.45, 2.75) is 17.9 Å². The number of nitrogens with zero attached hydrogens (tertiary/aromatic N) is 1. The number of rotatable bonds is 4. The number of benzene rings is 2. The van der Waals surface area contributed by atoms with Gasteiger partial charge in [0, 0.05) is 5.56 Å². The van der Waals surface area contributed by atoms with Crippen molar-refractivity contribution in [2.75, 3.05) is 18.6 Å². The van der Waals surface area contributed by atoms with E-state index in [1.165, 1.54) is 29.2 Å². The summed E-state index contributed by atoms with van der Waals surface area (Å²) in [5.74, 6) is -0.480. The van der Waals surface area contributed by atoms with Gasteiger partial charge in [-0.15, -0.1) is 0 Å². The molecular weight excluding hydrogens is 349 g/mol. The second-order valence-corrected chi connectivity index (χ2v) is 7.31. The van der Waals surface area contributed by atoms with E-state index in [0.29, 0.717) is 11.3 Å². The van der Waals surface area contributed by atoms with E-state index >= 15 is 0 Å². The number of amides is 1. The average molecular weight is 365 g/mol. The maximum atomic E-state index is 13.4. The summed E-state index contributed by atoms with van der Waals surface area (Å²) in [5, 5.41) is 0. The van der Waals surface area contributed by atoms with Crippen molar-refractivity contribution in [1.82, 2.24) is 0 Å². The van der Waals surface area contributed by atoms with Crippen LogP contribution in [-0.4, -0.2) is 28.2 Å². The molecule has 0 bridgehead atoms. The molecule has 6 nitrogen and oxygen atoms in total. The topological polar surface area (TPSA) is 72.9 Å². The Kier molecular flexibility index (Phi) is 4.49. The zero-order chi connectivity index (χ0) is 18.2. The van der Waals surface area contributed by atoms with E-state index in [2.05, 4.69) is 4.18 Å². The molecule has 1 aliphatic rings. The number of hydrogen-bond acceptors (Lipinski definition) is 5. The number of halogens is 1. The fourth-order valence-corrected chi connectivity index (χ4v) is 3.61. The fourth-order valence-electron chi connectivity index (χ4n) is 2.72. The van der Waals surface area contributed by atoms with E-state index in [4.69, 9.17) is 4.74 Å². The van der Waals surface area contributed by atoms with Crippen molar-refractivity contribution in [3.8, 4) is 0 Å². The van der Waals surface area contributed by atoms with Crippen molar-refractivity contribution in [2.24, 2.45) is 0 Å². The third kappa shape index (κ3) is 3.35. The first-order chi connectivity index (χ1) is 11.8. The van der Waals surface area contributed by atoms with Gasteiger partial charge in [-0.1, -0.05) is 23.8 Å². The molecule has 1 saturated heterocycles. The van der Waals surface area contributed by atoms with Gasteiger partial charge in [0.2, 0.25) is 0 Å². The highest BCUT2D eigenvalue weighted by Crippen LogP contribution is 2.34. The second kappa shape index (κ2) is 6.45. The molecule has 8 heteroatoms. The van der Waals surface area contributed by atoms with Gasteiger partial charge in [0.05, 0.1) is 19.3 Å². The van der Waals surface area contributed by atoms with Gasteiger partial charge in [-0.25, -0.2) is 9.18 Å². The predicted octanol–water partition coefficient (Wildman–Crippen LogP) is 3.17. The summed E-state index contributed by atoms with van der Waals surface area (Å²) in [7, 11) is -2.89. The lowest BCUT2D eigenvalue weighted by Crippen LogP contribution is -2.23. The highest BCUT2D eigenvalue weighted by atomic mass is 32.2. The Morgan fingerprint density at radius 3 is 2.68 bits per heavy atom. The monoisotopic (exact) mass is 365 g/mol. The first-order valence-electron chi connectivity index (χ1n) is 7.47. The number of anilines is 1. The summed E-state index contributed by atoms with van der Waals surface area (Å²) < 4.78 is 47.6. The fraction of sp³-hybridized carbons (Fsp3) is 0.235. The number of carbonyl (C=O) groups excluding carboxylic acids is 1. The molecule has 0 N–H and O–H groups in total. The SMILES string of the molecule is COS(=O)(=O)c1ccc(C)cc1C1CN(c2cccc(F)c2)C(=O)O1. The zero-order valence-corrected chi connectivity index (χ0v) is 14.4. The molecule has 0 spiro atoms. The van der Waals surface area contributed by atoms with Gasteiger partial charge in [0.1, 0.15) is 16.8 Å². The summed E-state index contributed by atoms with van der Waals surface area (Å²) in [6.07, 6.45) is -1.48. The van der Waals surface area contributed by atoms with Crippen LogP contribution in [0.4, 0.5) is 14.9 Å². The van der Waals surface area contributed by atoms with E-state index < -0.39 is 28.1 Å². The van der Waals surface area contributed by atoms with Crippen molar-refractivity contribution < 1.29 is 26.5 Å². The third-order valence-corrected chi connectivity index (χ3v) is 5.28. The van der Waals surface area contributed by atoms with Gasteiger partial charge in [-0.3, -0.25) is 9.08 Å². The lowest BCUT2D eigenvalue weighted by atomic mass is 10.1. The smallest absolute Gasteiger partial charge is 0.415 e. The second-order valence-electron chi connectivity index (χ2n) is 5.62. The van der Waals surface area contributed by atoms with E-state index in [9.17, 15) is 17.6 Å². The highest BCUT2D eigenvalue weighted by molar-refractivity contribution is 7.86. The Morgan fingerprint density at radius 1 is 1.24 bits per heavy atom. The van der Waals surface area contributed by atoms with Crippen LogP contribution in [0.15, 0.2) is 47.4 Å².